The highest BCUT2D eigenvalue weighted by molar-refractivity contribution is 9.10. The van der Waals surface area contributed by atoms with E-state index >= 15 is 0 Å². The fourth-order valence-electron chi connectivity index (χ4n) is 1.82. The fourth-order valence-corrected chi connectivity index (χ4v) is 2.09. The van der Waals surface area contributed by atoms with Crippen molar-refractivity contribution in [3.05, 3.63) is 34.3 Å². The minimum absolute atomic E-state index is 0.0260. The third-order valence-electron chi connectivity index (χ3n) is 2.68. The summed E-state index contributed by atoms with van der Waals surface area (Å²) >= 11 is 3.40. The van der Waals surface area contributed by atoms with Crippen LogP contribution in [0.1, 0.15) is 38.2 Å². The molecule has 1 aromatic rings. The number of nitrogens with zero attached hydrogens (tertiary/aromatic N) is 1. The smallest absolute Gasteiger partial charge is 0.0738 e. The molecule has 0 radical (unpaired) electrons. The second kappa shape index (κ2) is 5.92. The predicted molar refractivity (Wildman–Crippen MR) is 66.6 cm³/mol. The number of hydrogen-bond acceptors (Lipinski definition) is 1. The van der Waals surface area contributed by atoms with E-state index in [0.717, 1.165) is 22.9 Å². The fraction of sp³-hybridized carbons (Fsp3) is 0.462. The molecule has 0 aliphatic rings. The Labute approximate surface area is 100 Å². The Kier molecular flexibility index (Phi) is 4.84. The highest BCUT2D eigenvalue weighted by atomic mass is 79.9. The maximum absolute atomic E-state index is 9.18. The summed E-state index contributed by atoms with van der Waals surface area (Å²) in [4.78, 5) is 0. The van der Waals surface area contributed by atoms with Crippen molar-refractivity contribution in [2.45, 2.75) is 32.6 Å². The number of hydrogen-bond donors (Lipinski definition) is 0. The van der Waals surface area contributed by atoms with Gasteiger partial charge >= 0.3 is 0 Å². The van der Waals surface area contributed by atoms with Crippen LogP contribution in [0.5, 0.6) is 0 Å². The molecule has 0 aliphatic heterocycles. The molecule has 0 aromatic heterocycles. The first-order valence-corrected chi connectivity index (χ1v) is 6.13. The van der Waals surface area contributed by atoms with Crippen LogP contribution in [0.15, 0.2) is 28.7 Å². The molecule has 0 saturated carbocycles. The molecule has 1 aromatic carbocycles. The average molecular weight is 266 g/mol. The van der Waals surface area contributed by atoms with E-state index in [1.807, 2.05) is 24.3 Å². The van der Waals surface area contributed by atoms with Crippen LogP contribution in [-0.4, -0.2) is 0 Å². The normalized spacial score (nSPS) is 14.3. The summed E-state index contributed by atoms with van der Waals surface area (Å²) in [5, 5.41) is 9.18. The Morgan fingerprint density at radius 2 is 1.93 bits per heavy atom. The molecule has 80 valence electrons. The second-order valence-electron chi connectivity index (χ2n) is 3.92. The maximum Gasteiger partial charge on any atom is 0.0738 e. The Balaban J connectivity index is 2.84. The van der Waals surface area contributed by atoms with Gasteiger partial charge in [0, 0.05) is 4.47 Å². The van der Waals surface area contributed by atoms with Crippen molar-refractivity contribution in [1.82, 2.24) is 0 Å². The van der Waals surface area contributed by atoms with Crippen molar-refractivity contribution < 1.29 is 0 Å². The summed E-state index contributed by atoms with van der Waals surface area (Å²) in [5.74, 6) is 0.458. The molecule has 0 bridgehead atoms. The van der Waals surface area contributed by atoms with Crippen LogP contribution in [-0.2, 0) is 0 Å². The van der Waals surface area contributed by atoms with Crippen molar-refractivity contribution in [3.8, 4) is 6.07 Å². The second-order valence-corrected chi connectivity index (χ2v) is 4.84. The Morgan fingerprint density at radius 3 is 2.40 bits per heavy atom. The standard InChI is InChI=1S/C13H16BrN/c1-3-4-10(2)13(9-15)11-5-7-12(14)8-6-11/h5-8,10,13H,3-4H2,1-2H3. The Hall–Kier alpha value is -0.810. The van der Waals surface area contributed by atoms with E-state index in [-0.39, 0.29) is 5.92 Å². The molecule has 2 atom stereocenters. The van der Waals surface area contributed by atoms with Crippen molar-refractivity contribution in [2.75, 3.05) is 0 Å². The van der Waals surface area contributed by atoms with E-state index in [9.17, 15) is 5.26 Å². The summed E-state index contributed by atoms with van der Waals surface area (Å²) in [6.07, 6.45) is 2.24. The van der Waals surface area contributed by atoms with Crippen LogP contribution in [0.25, 0.3) is 0 Å². The van der Waals surface area contributed by atoms with Crippen LogP contribution < -0.4 is 0 Å². The van der Waals surface area contributed by atoms with Crippen molar-refractivity contribution in [3.63, 3.8) is 0 Å². The largest absolute Gasteiger partial charge is 0.198 e. The molecule has 2 unspecified atom stereocenters. The maximum atomic E-state index is 9.18. The van der Waals surface area contributed by atoms with Crippen LogP contribution in [0.2, 0.25) is 0 Å². The van der Waals surface area contributed by atoms with E-state index in [0.29, 0.717) is 5.92 Å². The summed E-state index contributed by atoms with van der Waals surface area (Å²) in [5.41, 5.74) is 1.13. The molecular weight excluding hydrogens is 250 g/mol. The van der Waals surface area contributed by atoms with Crippen molar-refractivity contribution in [2.24, 2.45) is 5.92 Å². The van der Waals surface area contributed by atoms with Crippen LogP contribution >= 0.6 is 15.9 Å². The number of halogens is 1. The molecule has 0 aliphatic carbocycles. The number of benzene rings is 1. The quantitative estimate of drug-likeness (QED) is 0.787. The van der Waals surface area contributed by atoms with E-state index in [4.69, 9.17) is 0 Å². The molecule has 0 heterocycles. The monoisotopic (exact) mass is 265 g/mol. The van der Waals surface area contributed by atoms with Gasteiger partial charge in [-0.2, -0.15) is 5.26 Å². The van der Waals surface area contributed by atoms with Gasteiger partial charge in [0.05, 0.1) is 12.0 Å². The zero-order chi connectivity index (χ0) is 11.3. The topological polar surface area (TPSA) is 23.8 Å². The van der Waals surface area contributed by atoms with Crippen LogP contribution in [0.3, 0.4) is 0 Å². The van der Waals surface area contributed by atoms with Crippen molar-refractivity contribution in [1.29, 1.82) is 5.26 Å². The van der Waals surface area contributed by atoms with E-state index in [1.54, 1.807) is 0 Å². The zero-order valence-electron chi connectivity index (χ0n) is 9.20. The first-order chi connectivity index (χ1) is 7.19. The first kappa shape index (κ1) is 12.3. The van der Waals surface area contributed by atoms with Gasteiger partial charge in [0.15, 0.2) is 0 Å². The lowest BCUT2D eigenvalue weighted by Crippen LogP contribution is -2.07. The summed E-state index contributed by atoms with van der Waals surface area (Å²) in [7, 11) is 0. The molecule has 0 N–H and O–H groups in total. The third-order valence-corrected chi connectivity index (χ3v) is 3.21. The van der Waals surface area contributed by atoms with Crippen LogP contribution in [0, 0.1) is 17.2 Å². The Morgan fingerprint density at radius 1 is 1.33 bits per heavy atom. The lowest BCUT2D eigenvalue weighted by Gasteiger charge is -2.17. The summed E-state index contributed by atoms with van der Waals surface area (Å²) < 4.78 is 1.06. The predicted octanol–water partition coefficient (Wildman–Crippen LogP) is 4.49. The Bertz CT molecular complexity index is 337. The van der Waals surface area contributed by atoms with Gasteiger partial charge in [0.1, 0.15) is 0 Å². The van der Waals surface area contributed by atoms with Gasteiger partial charge in [-0.3, -0.25) is 0 Å². The zero-order valence-corrected chi connectivity index (χ0v) is 10.8. The van der Waals surface area contributed by atoms with Gasteiger partial charge in [0.2, 0.25) is 0 Å². The third kappa shape index (κ3) is 3.35. The molecule has 0 fully saturated rings. The van der Waals surface area contributed by atoms with Crippen molar-refractivity contribution >= 4 is 15.9 Å². The van der Waals surface area contributed by atoms with Gasteiger partial charge in [-0.05, 0) is 30.0 Å². The molecular formula is C13H16BrN. The van der Waals surface area contributed by atoms with Gasteiger partial charge in [0.25, 0.3) is 0 Å². The van der Waals surface area contributed by atoms with Gasteiger partial charge in [-0.25, -0.2) is 0 Å². The lowest BCUT2D eigenvalue weighted by molar-refractivity contribution is 0.484. The number of rotatable bonds is 4. The van der Waals surface area contributed by atoms with Gasteiger partial charge in [-0.15, -0.1) is 0 Å². The average Bonchev–Trinajstić information content (AvgIpc) is 2.22. The molecule has 1 nitrogen and oxygen atoms in total. The van der Waals surface area contributed by atoms with E-state index in [1.165, 1.54) is 0 Å². The van der Waals surface area contributed by atoms with Gasteiger partial charge in [-0.1, -0.05) is 48.3 Å². The highest BCUT2D eigenvalue weighted by Gasteiger charge is 2.17. The molecule has 0 spiro atoms. The van der Waals surface area contributed by atoms with Gasteiger partial charge < -0.3 is 0 Å². The highest BCUT2D eigenvalue weighted by Crippen LogP contribution is 2.28. The molecule has 2 heteroatoms. The minimum atomic E-state index is 0.0260. The van der Waals surface area contributed by atoms with E-state index < -0.39 is 0 Å². The minimum Gasteiger partial charge on any atom is -0.198 e. The molecule has 1 rings (SSSR count). The number of nitriles is 1. The van der Waals surface area contributed by atoms with E-state index in [2.05, 4.69) is 35.8 Å². The van der Waals surface area contributed by atoms with Crippen LogP contribution in [0.4, 0.5) is 0 Å². The summed E-state index contributed by atoms with van der Waals surface area (Å²) in [6, 6.07) is 10.5. The summed E-state index contributed by atoms with van der Waals surface area (Å²) in [6.45, 7) is 4.31. The lowest BCUT2D eigenvalue weighted by atomic mass is 9.86. The molecule has 0 saturated heterocycles. The molecule has 15 heavy (non-hydrogen) atoms. The SMILES string of the molecule is CCCC(C)C(C#N)c1ccc(Br)cc1. The molecule has 0 amide bonds. The first-order valence-electron chi connectivity index (χ1n) is 5.34.